The SMILES string of the molecule is Nc1ccc(C(=O)Nc2ccc(C(=O)Cl)cc2)cc1. The van der Waals surface area contributed by atoms with Crippen LogP contribution in [0.2, 0.25) is 0 Å². The van der Waals surface area contributed by atoms with E-state index in [9.17, 15) is 9.59 Å². The summed E-state index contributed by atoms with van der Waals surface area (Å²) in [6, 6.07) is 12.9. The second kappa shape index (κ2) is 5.54. The number of nitrogen functional groups attached to an aromatic ring is 1. The van der Waals surface area contributed by atoms with E-state index in [0.717, 1.165) is 0 Å². The lowest BCUT2D eigenvalue weighted by Gasteiger charge is -2.05. The number of carbonyl (C=O) groups excluding carboxylic acids is 2. The summed E-state index contributed by atoms with van der Waals surface area (Å²) in [4.78, 5) is 22.8. The molecule has 0 aliphatic rings. The van der Waals surface area contributed by atoms with Crippen molar-refractivity contribution in [2.24, 2.45) is 0 Å². The first-order valence-electron chi connectivity index (χ1n) is 5.53. The topological polar surface area (TPSA) is 72.2 Å². The van der Waals surface area contributed by atoms with E-state index in [4.69, 9.17) is 17.3 Å². The summed E-state index contributed by atoms with van der Waals surface area (Å²) in [7, 11) is 0. The summed E-state index contributed by atoms with van der Waals surface area (Å²) in [6.45, 7) is 0. The molecule has 0 aliphatic heterocycles. The molecule has 0 fully saturated rings. The van der Waals surface area contributed by atoms with E-state index in [0.29, 0.717) is 22.5 Å². The van der Waals surface area contributed by atoms with Crippen LogP contribution in [0.25, 0.3) is 0 Å². The fraction of sp³-hybridized carbons (Fsp3) is 0. The van der Waals surface area contributed by atoms with Gasteiger partial charge in [-0.25, -0.2) is 0 Å². The van der Waals surface area contributed by atoms with Gasteiger partial charge in [-0.15, -0.1) is 0 Å². The van der Waals surface area contributed by atoms with Crippen LogP contribution in [0.15, 0.2) is 48.5 Å². The van der Waals surface area contributed by atoms with E-state index < -0.39 is 5.24 Å². The van der Waals surface area contributed by atoms with E-state index in [2.05, 4.69) is 5.32 Å². The van der Waals surface area contributed by atoms with Gasteiger partial charge in [0.25, 0.3) is 11.1 Å². The zero-order valence-corrected chi connectivity index (χ0v) is 10.6. The first kappa shape index (κ1) is 13.1. The molecule has 0 bridgehead atoms. The molecular weight excluding hydrogens is 264 g/mol. The van der Waals surface area contributed by atoms with Crippen molar-refractivity contribution in [2.45, 2.75) is 0 Å². The molecule has 2 rings (SSSR count). The molecule has 0 atom stereocenters. The molecule has 0 heterocycles. The average Bonchev–Trinajstić information content (AvgIpc) is 2.40. The van der Waals surface area contributed by atoms with Gasteiger partial charge in [0, 0.05) is 22.5 Å². The normalized spacial score (nSPS) is 9.95. The molecule has 2 aromatic carbocycles. The van der Waals surface area contributed by atoms with Gasteiger partial charge in [0.2, 0.25) is 0 Å². The second-order valence-electron chi connectivity index (χ2n) is 3.93. The molecule has 3 N–H and O–H groups in total. The highest BCUT2D eigenvalue weighted by molar-refractivity contribution is 6.67. The fourth-order valence-corrected chi connectivity index (χ4v) is 1.65. The lowest BCUT2D eigenvalue weighted by atomic mass is 10.2. The minimum absolute atomic E-state index is 0.245. The Hall–Kier alpha value is -2.33. The lowest BCUT2D eigenvalue weighted by Crippen LogP contribution is -2.11. The van der Waals surface area contributed by atoms with Crippen LogP contribution in [0.4, 0.5) is 11.4 Å². The Kier molecular flexibility index (Phi) is 3.82. The van der Waals surface area contributed by atoms with E-state index in [1.54, 1.807) is 48.5 Å². The van der Waals surface area contributed by atoms with Gasteiger partial charge in [-0.1, -0.05) is 0 Å². The molecule has 0 radical (unpaired) electrons. The van der Waals surface area contributed by atoms with E-state index in [1.165, 1.54) is 0 Å². The number of hydrogen-bond acceptors (Lipinski definition) is 3. The van der Waals surface area contributed by atoms with E-state index in [-0.39, 0.29) is 5.91 Å². The quantitative estimate of drug-likeness (QED) is 0.668. The van der Waals surface area contributed by atoms with Gasteiger partial charge in [-0.05, 0) is 60.1 Å². The maximum atomic E-state index is 11.9. The van der Waals surface area contributed by atoms with Gasteiger partial charge in [0.05, 0.1) is 0 Å². The van der Waals surface area contributed by atoms with Gasteiger partial charge >= 0.3 is 0 Å². The maximum Gasteiger partial charge on any atom is 0.255 e. The highest BCUT2D eigenvalue weighted by atomic mass is 35.5. The molecular formula is C14H11ClN2O2. The van der Waals surface area contributed by atoms with Gasteiger partial charge in [0.15, 0.2) is 0 Å². The molecule has 2 aromatic rings. The van der Waals surface area contributed by atoms with Gasteiger partial charge in [-0.2, -0.15) is 0 Å². The van der Waals surface area contributed by atoms with Crippen molar-refractivity contribution in [3.8, 4) is 0 Å². The third kappa shape index (κ3) is 3.33. The largest absolute Gasteiger partial charge is 0.399 e. The Morgan fingerprint density at radius 2 is 1.42 bits per heavy atom. The third-order valence-corrected chi connectivity index (χ3v) is 2.76. The van der Waals surface area contributed by atoms with Crippen LogP contribution >= 0.6 is 11.6 Å². The predicted octanol–water partition coefficient (Wildman–Crippen LogP) is 2.90. The zero-order chi connectivity index (χ0) is 13.8. The van der Waals surface area contributed by atoms with Crippen molar-refractivity contribution in [1.29, 1.82) is 0 Å². The fourth-order valence-electron chi connectivity index (χ4n) is 1.52. The summed E-state index contributed by atoms with van der Waals surface area (Å²) < 4.78 is 0. The summed E-state index contributed by atoms with van der Waals surface area (Å²) in [5, 5.41) is 2.18. The predicted molar refractivity (Wildman–Crippen MR) is 75.4 cm³/mol. The number of rotatable bonds is 3. The Morgan fingerprint density at radius 3 is 1.95 bits per heavy atom. The summed E-state index contributed by atoms with van der Waals surface area (Å²) in [6.07, 6.45) is 0. The standard InChI is InChI=1S/C14H11ClN2O2/c15-13(18)9-3-7-12(8-4-9)17-14(19)10-1-5-11(16)6-2-10/h1-8H,16H2,(H,17,19). The van der Waals surface area contributed by atoms with Crippen LogP contribution in [0.3, 0.4) is 0 Å². The second-order valence-corrected chi connectivity index (χ2v) is 4.27. The highest BCUT2D eigenvalue weighted by Gasteiger charge is 2.06. The minimum atomic E-state index is -0.531. The summed E-state index contributed by atoms with van der Waals surface area (Å²) in [5.74, 6) is -0.245. The van der Waals surface area contributed by atoms with Crippen LogP contribution in [0.5, 0.6) is 0 Å². The number of nitrogens with two attached hydrogens (primary N) is 1. The minimum Gasteiger partial charge on any atom is -0.399 e. The number of benzene rings is 2. The molecule has 1 amide bonds. The number of hydrogen-bond donors (Lipinski definition) is 2. The van der Waals surface area contributed by atoms with Crippen molar-refractivity contribution >= 4 is 34.1 Å². The van der Waals surface area contributed by atoms with Gasteiger partial charge in [-0.3, -0.25) is 9.59 Å². The van der Waals surface area contributed by atoms with Crippen LogP contribution in [0, 0.1) is 0 Å². The van der Waals surface area contributed by atoms with Crippen LogP contribution in [-0.4, -0.2) is 11.1 Å². The van der Waals surface area contributed by atoms with Crippen molar-refractivity contribution in [1.82, 2.24) is 0 Å². The molecule has 0 spiro atoms. The van der Waals surface area contributed by atoms with Crippen molar-refractivity contribution < 1.29 is 9.59 Å². The van der Waals surface area contributed by atoms with Crippen molar-refractivity contribution in [3.05, 3.63) is 59.7 Å². The molecule has 4 nitrogen and oxygen atoms in total. The molecule has 96 valence electrons. The third-order valence-electron chi connectivity index (χ3n) is 2.54. The molecule has 0 unspecified atom stereocenters. The first-order valence-corrected chi connectivity index (χ1v) is 5.91. The maximum absolute atomic E-state index is 11.9. The summed E-state index contributed by atoms with van der Waals surface area (Å²) in [5.41, 5.74) is 7.62. The molecule has 0 saturated heterocycles. The van der Waals surface area contributed by atoms with Gasteiger partial charge < -0.3 is 11.1 Å². The van der Waals surface area contributed by atoms with Crippen LogP contribution in [-0.2, 0) is 0 Å². The van der Waals surface area contributed by atoms with Crippen molar-refractivity contribution in [2.75, 3.05) is 11.1 Å². The zero-order valence-electron chi connectivity index (χ0n) is 9.89. The molecule has 5 heteroatoms. The number of carbonyl (C=O) groups is 2. The van der Waals surface area contributed by atoms with Crippen LogP contribution in [0.1, 0.15) is 20.7 Å². The molecule has 0 aliphatic carbocycles. The monoisotopic (exact) mass is 274 g/mol. The Bertz CT molecular complexity index is 606. The van der Waals surface area contributed by atoms with E-state index in [1.807, 2.05) is 0 Å². The molecule has 0 saturated carbocycles. The van der Waals surface area contributed by atoms with Crippen molar-refractivity contribution in [3.63, 3.8) is 0 Å². The molecule has 0 aromatic heterocycles. The van der Waals surface area contributed by atoms with Gasteiger partial charge in [0.1, 0.15) is 0 Å². The van der Waals surface area contributed by atoms with Crippen LogP contribution < -0.4 is 11.1 Å². The Morgan fingerprint density at radius 1 is 0.895 bits per heavy atom. The average molecular weight is 275 g/mol. The Balaban J connectivity index is 2.10. The number of nitrogens with one attached hydrogen (secondary N) is 1. The number of anilines is 2. The summed E-state index contributed by atoms with van der Waals surface area (Å²) >= 11 is 5.33. The Labute approximate surface area is 115 Å². The van der Waals surface area contributed by atoms with E-state index >= 15 is 0 Å². The highest BCUT2D eigenvalue weighted by Crippen LogP contribution is 2.13. The number of halogens is 1. The number of amides is 1. The smallest absolute Gasteiger partial charge is 0.255 e. The first-order chi connectivity index (χ1) is 9.06. The lowest BCUT2D eigenvalue weighted by molar-refractivity contribution is 0.102. The molecule has 19 heavy (non-hydrogen) atoms.